The average molecular weight is 365 g/mol. The molecule has 0 radical (unpaired) electrons. The summed E-state index contributed by atoms with van der Waals surface area (Å²) in [4.78, 5) is 10.2. The Morgan fingerprint density at radius 2 is 2.21 bits per heavy atom. The molecule has 1 heterocycles. The topological polar surface area (TPSA) is 79.1 Å². The predicted octanol–water partition coefficient (Wildman–Crippen LogP) is 4.16. The zero-order valence-electron chi connectivity index (χ0n) is 13.9. The Morgan fingerprint density at radius 3 is 2.79 bits per heavy atom. The molecule has 0 atom stereocenters. The van der Waals surface area contributed by atoms with Crippen molar-refractivity contribution in [1.29, 1.82) is 0 Å². The SMILES string of the molecule is C=C(Cl)c1cc(Nc2ccnc(N)n2)cc(NSC)c1N(C)CC. The highest BCUT2D eigenvalue weighted by atomic mass is 35.5. The van der Waals surface area contributed by atoms with Crippen LogP contribution in [0.25, 0.3) is 5.03 Å². The maximum atomic E-state index is 6.25. The van der Waals surface area contributed by atoms with Crippen LogP contribution in [0.4, 0.5) is 28.8 Å². The molecule has 0 saturated carbocycles. The van der Waals surface area contributed by atoms with Crippen LogP contribution in [0.5, 0.6) is 0 Å². The van der Waals surface area contributed by atoms with Gasteiger partial charge in [-0.15, -0.1) is 0 Å². The number of hydrogen-bond donors (Lipinski definition) is 3. The maximum absolute atomic E-state index is 6.25. The zero-order valence-corrected chi connectivity index (χ0v) is 15.5. The number of hydrogen-bond acceptors (Lipinski definition) is 7. The van der Waals surface area contributed by atoms with Gasteiger partial charge in [-0.2, -0.15) is 4.98 Å². The molecule has 4 N–H and O–H groups in total. The van der Waals surface area contributed by atoms with Crippen LogP contribution in [0.2, 0.25) is 0 Å². The van der Waals surface area contributed by atoms with E-state index in [0.717, 1.165) is 29.2 Å². The van der Waals surface area contributed by atoms with Crippen molar-refractivity contribution in [2.75, 3.05) is 40.5 Å². The molecule has 1 aromatic heterocycles. The normalized spacial score (nSPS) is 10.3. The third-order valence-electron chi connectivity index (χ3n) is 3.42. The summed E-state index contributed by atoms with van der Waals surface area (Å²) in [6, 6.07) is 5.69. The number of anilines is 5. The fourth-order valence-corrected chi connectivity index (χ4v) is 2.78. The molecule has 0 unspecified atom stereocenters. The lowest BCUT2D eigenvalue weighted by molar-refractivity contribution is 0.968. The van der Waals surface area contributed by atoms with Crippen LogP contribution in [0.1, 0.15) is 12.5 Å². The Balaban J connectivity index is 2.51. The Kier molecular flexibility index (Phi) is 6.16. The van der Waals surface area contributed by atoms with Crippen LogP contribution in [0, 0.1) is 0 Å². The molecular weight excluding hydrogens is 344 g/mol. The first-order valence-corrected chi connectivity index (χ1v) is 8.95. The van der Waals surface area contributed by atoms with Crippen molar-refractivity contribution in [2.45, 2.75) is 6.92 Å². The smallest absolute Gasteiger partial charge is 0.221 e. The molecule has 128 valence electrons. The van der Waals surface area contributed by atoms with Crippen molar-refractivity contribution in [3.63, 3.8) is 0 Å². The fraction of sp³-hybridized carbons (Fsp3) is 0.250. The molecule has 0 aliphatic carbocycles. The first-order chi connectivity index (χ1) is 11.5. The van der Waals surface area contributed by atoms with E-state index in [1.54, 1.807) is 12.3 Å². The Morgan fingerprint density at radius 1 is 1.46 bits per heavy atom. The molecule has 0 aliphatic rings. The molecule has 0 saturated heterocycles. The van der Waals surface area contributed by atoms with Gasteiger partial charge >= 0.3 is 0 Å². The van der Waals surface area contributed by atoms with Gasteiger partial charge in [-0.1, -0.05) is 30.1 Å². The number of halogens is 1. The number of nitrogens with one attached hydrogen (secondary N) is 2. The molecule has 8 heteroatoms. The first-order valence-electron chi connectivity index (χ1n) is 7.34. The Labute approximate surface area is 151 Å². The van der Waals surface area contributed by atoms with Crippen LogP contribution >= 0.6 is 23.5 Å². The van der Waals surface area contributed by atoms with E-state index in [4.69, 9.17) is 17.3 Å². The van der Waals surface area contributed by atoms with E-state index in [-0.39, 0.29) is 5.95 Å². The van der Waals surface area contributed by atoms with E-state index in [0.29, 0.717) is 10.9 Å². The number of aromatic nitrogens is 2. The average Bonchev–Trinajstić information content (AvgIpc) is 2.54. The van der Waals surface area contributed by atoms with Crippen LogP contribution in [-0.2, 0) is 0 Å². The maximum Gasteiger partial charge on any atom is 0.221 e. The summed E-state index contributed by atoms with van der Waals surface area (Å²) in [5.74, 6) is 0.826. The van der Waals surface area contributed by atoms with Crippen molar-refractivity contribution in [2.24, 2.45) is 0 Å². The van der Waals surface area contributed by atoms with Gasteiger partial charge in [0, 0.05) is 42.3 Å². The summed E-state index contributed by atoms with van der Waals surface area (Å²) in [7, 11) is 2.02. The number of nitrogen functional groups attached to an aromatic ring is 1. The summed E-state index contributed by atoms with van der Waals surface area (Å²) in [5, 5.41) is 3.70. The summed E-state index contributed by atoms with van der Waals surface area (Å²) in [5.41, 5.74) is 9.25. The monoisotopic (exact) mass is 364 g/mol. The summed E-state index contributed by atoms with van der Waals surface area (Å²) < 4.78 is 3.30. The molecular formula is C16H21ClN6S. The Hall–Kier alpha value is -2.12. The standard InChI is InChI=1S/C16H21ClN6S/c1-5-23(3)15-12(10(2)17)8-11(9-13(15)22-24-4)20-14-6-7-19-16(18)21-14/h6-9,22H,2,5H2,1,3-4H3,(H3,18,19,20,21). The minimum Gasteiger partial charge on any atom is -0.373 e. The molecule has 0 spiro atoms. The molecule has 0 fully saturated rings. The third kappa shape index (κ3) is 4.24. The lowest BCUT2D eigenvalue weighted by Gasteiger charge is -2.25. The lowest BCUT2D eigenvalue weighted by atomic mass is 10.1. The molecule has 6 nitrogen and oxygen atoms in total. The molecule has 1 aromatic carbocycles. The van der Waals surface area contributed by atoms with Gasteiger partial charge in [0.1, 0.15) is 5.82 Å². The zero-order chi connectivity index (χ0) is 17.7. The number of benzene rings is 1. The third-order valence-corrected chi connectivity index (χ3v) is 4.04. The van der Waals surface area contributed by atoms with Crippen LogP contribution in [-0.4, -0.2) is 29.8 Å². The Bertz CT molecular complexity index is 737. The number of rotatable bonds is 7. The van der Waals surface area contributed by atoms with Crippen molar-refractivity contribution >= 4 is 57.4 Å². The van der Waals surface area contributed by atoms with E-state index in [1.807, 2.05) is 25.4 Å². The minimum atomic E-state index is 0.215. The van der Waals surface area contributed by atoms with Gasteiger partial charge in [-0.3, -0.25) is 0 Å². The highest BCUT2D eigenvalue weighted by Gasteiger charge is 2.16. The largest absolute Gasteiger partial charge is 0.373 e. The van der Waals surface area contributed by atoms with E-state index in [9.17, 15) is 0 Å². The highest BCUT2D eigenvalue weighted by Crippen LogP contribution is 2.39. The molecule has 2 aromatic rings. The molecule has 0 aliphatic heterocycles. The minimum absolute atomic E-state index is 0.215. The van der Waals surface area contributed by atoms with Crippen molar-refractivity contribution in [3.8, 4) is 0 Å². The predicted molar refractivity (Wildman–Crippen MR) is 107 cm³/mol. The fourth-order valence-electron chi connectivity index (χ4n) is 2.26. The van der Waals surface area contributed by atoms with Crippen molar-refractivity contribution in [1.82, 2.24) is 9.97 Å². The van der Waals surface area contributed by atoms with Gasteiger partial charge in [0.25, 0.3) is 0 Å². The van der Waals surface area contributed by atoms with Crippen molar-refractivity contribution in [3.05, 3.63) is 36.5 Å². The lowest BCUT2D eigenvalue weighted by Crippen LogP contribution is -2.18. The summed E-state index contributed by atoms with van der Waals surface area (Å²) >= 11 is 7.76. The van der Waals surface area contributed by atoms with Gasteiger partial charge in [0.15, 0.2) is 0 Å². The van der Waals surface area contributed by atoms with E-state index >= 15 is 0 Å². The first kappa shape index (κ1) is 18.2. The van der Waals surface area contributed by atoms with E-state index in [2.05, 4.69) is 38.4 Å². The number of nitrogens with zero attached hydrogens (tertiary/aromatic N) is 3. The molecule has 2 rings (SSSR count). The van der Waals surface area contributed by atoms with Crippen LogP contribution in [0.3, 0.4) is 0 Å². The van der Waals surface area contributed by atoms with Crippen molar-refractivity contribution < 1.29 is 0 Å². The van der Waals surface area contributed by atoms with Gasteiger partial charge in [0.05, 0.1) is 11.4 Å². The molecule has 24 heavy (non-hydrogen) atoms. The van der Waals surface area contributed by atoms with Gasteiger partial charge in [-0.25, -0.2) is 4.98 Å². The van der Waals surface area contributed by atoms with Crippen LogP contribution < -0.4 is 20.7 Å². The van der Waals surface area contributed by atoms with Gasteiger partial charge in [0.2, 0.25) is 5.95 Å². The second-order valence-electron chi connectivity index (χ2n) is 5.07. The van der Waals surface area contributed by atoms with Gasteiger partial charge in [-0.05, 0) is 25.1 Å². The second-order valence-corrected chi connectivity index (χ2v) is 6.14. The quantitative estimate of drug-likeness (QED) is 0.636. The van der Waals surface area contributed by atoms with E-state index < -0.39 is 0 Å². The summed E-state index contributed by atoms with van der Waals surface area (Å²) in [6.45, 7) is 6.82. The number of nitrogens with two attached hydrogens (primary N) is 1. The molecule has 0 amide bonds. The molecule has 0 bridgehead atoms. The summed E-state index contributed by atoms with van der Waals surface area (Å²) in [6.07, 6.45) is 3.57. The highest BCUT2D eigenvalue weighted by molar-refractivity contribution is 7.99. The van der Waals surface area contributed by atoms with Gasteiger partial charge < -0.3 is 20.7 Å². The van der Waals surface area contributed by atoms with Crippen LogP contribution in [0.15, 0.2) is 31.0 Å². The van der Waals surface area contributed by atoms with E-state index in [1.165, 1.54) is 11.9 Å². The second kappa shape index (κ2) is 8.12.